The van der Waals surface area contributed by atoms with Gasteiger partial charge in [0, 0.05) is 11.1 Å². The van der Waals surface area contributed by atoms with Crippen LogP contribution in [0.25, 0.3) is 0 Å². The first kappa shape index (κ1) is 12.0. The highest BCUT2D eigenvalue weighted by molar-refractivity contribution is 6.29. The molecule has 0 aliphatic carbocycles. The molecular formula is C11H13ClFNO. The fraction of sp³-hybridized carbons (Fsp3) is 0.273. The van der Waals surface area contributed by atoms with Crippen molar-refractivity contribution >= 4 is 11.6 Å². The van der Waals surface area contributed by atoms with Crippen LogP contribution in [0.1, 0.15) is 18.5 Å². The Morgan fingerprint density at radius 2 is 2.33 bits per heavy atom. The van der Waals surface area contributed by atoms with Crippen LogP contribution in [-0.2, 0) is 0 Å². The van der Waals surface area contributed by atoms with Crippen molar-refractivity contribution in [2.75, 3.05) is 6.61 Å². The van der Waals surface area contributed by atoms with Crippen molar-refractivity contribution in [3.63, 3.8) is 0 Å². The molecule has 2 N–H and O–H groups in total. The number of benzene rings is 1. The van der Waals surface area contributed by atoms with Gasteiger partial charge in [0.15, 0.2) is 11.6 Å². The summed E-state index contributed by atoms with van der Waals surface area (Å²) in [7, 11) is 0. The maximum atomic E-state index is 13.4. The molecule has 82 valence electrons. The molecule has 1 unspecified atom stereocenters. The van der Waals surface area contributed by atoms with E-state index in [1.54, 1.807) is 13.0 Å². The summed E-state index contributed by atoms with van der Waals surface area (Å²) in [5, 5.41) is 0.325. The zero-order valence-corrected chi connectivity index (χ0v) is 9.22. The molecule has 0 bridgehead atoms. The Hall–Kier alpha value is -1.06. The summed E-state index contributed by atoms with van der Waals surface area (Å²) in [6.07, 6.45) is 0. The monoisotopic (exact) mass is 229 g/mol. The summed E-state index contributed by atoms with van der Waals surface area (Å²) in [4.78, 5) is 0. The van der Waals surface area contributed by atoms with Gasteiger partial charge in [0.25, 0.3) is 0 Å². The summed E-state index contributed by atoms with van der Waals surface area (Å²) in [5.41, 5.74) is 6.34. The van der Waals surface area contributed by atoms with Crippen LogP contribution in [0.2, 0.25) is 0 Å². The number of ether oxygens (including phenoxy) is 1. The first-order valence-corrected chi connectivity index (χ1v) is 4.89. The van der Waals surface area contributed by atoms with E-state index in [0.717, 1.165) is 5.56 Å². The van der Waals surface area contributed by atoms with E-state index in [0.29, 0.717) is 5.03 Å². The molecule has 4 heteroatoms. The average Bonchev–Trinajstić information content (AvgIpc) is 2.15. The Bertz CT molecular complexity index is 366. The summed E-state index contributed by atoms with van der Waals surface area (Å²) in [6, 6.07) is 4.42. The first-order valence-electron chi connectivity index (χ1n) is 4.52. The van der Waals surface area contributed by atoms with Crippen LogP contribution in [0.4, 0.5) is 4.39 Å². The van der Waals surface area contributed by atoms with Crippen molar-refractivity contribution in [2.45, 2.75) is 13.0 Å². The smallest absolute Gasteiger partial charge is 0.165 e. The second kappa shape index (κ2) is 5.14. The van der Waals surface area contributed by atoms with E-state index in [2.05, 4.69) is 6.58 Å². The standard InChI is InChI=1S/C11H13ClFNO/c1-7(12)6-15-11-4-3-9(8(2)14)5-10(11)13/h3-5,8H,1,6,14H2,2H3. The molecule has 0 spiro atoms. The number of rotatable bonds is 4. The van der Waals surface area contributed by atoms with Gasteiger partial charge in [-0.25, -0.2) is 4.39 Å². The zero-order chi connectivity index (χ0) is 11.4. The Kier molecular flexibility index (Phi) is 4.12. The van der Waals surface area contributed by atoms with E-state index in [9.17, 15) is 4.39 Å². The molecule has 0 saturated carbocycles. The van der Waals surface area contributed by atoms with E-state index in [1.165, 1.54) is 12.1 Å². The Morgan fingerprint density at radius 1 is 1.67 bits per heavy atom. The summed E-state index contributed by atoms with van der Waals surface area (Å²) >= 11 is 5.50. The van der Waals surface area contributed by atoms with Gasteiger partial charge in [-0.05, 0) is 24.6 Å². The molecule has 1 aromatic rings. The van der Waals surface area contributed by atoms with Crippen LogP contribution in [0.3, 0.4) is 0 Å². The minimum absolute atomic E-state index is 0.0933. The van der Waals surface area contributed by atoms with Crippen LogP contribution < -0.4 is 10.5 Å². The molecule has 0 fully saturated rings. The lowest BCUT2D eigenvalue weighted by Gasteiger charge is -2.09. The lowest BCUT2D eigenvalue weighted by molar-refractivity contribution is 0.338. The lowest BCUT2D eigenvalue weighted by Crippen LogP contribution is -2.06. The quantitative estimate of drug-likeness (QED) is 0.862. The van der Waals surface area contributed by atoms with Crippen LogP contribution in [0.15, 0.2) is 29.8 Å². The molecule has 1 aromatic carbocycles. The molecule has 0 aromatic heterocycles. The zero-order valence-electron chi connectivity index (χ0n) is 8.47. The normalized spacial score (nSPS) is 12.3. The molecule has 0 aliphatic heterocycles. The fourth-order valence-corrected chi connectivity index (χ4v) is 1.13. The molecule has 15 heavy (non-hydrogen) atoms. The molecule has 2 nitrogen and oxygen atoms in total. The van der Waals surface area contributed by atoms with Gasteiger partial charge in [-0.1, -0.05) is 24.2 Å². The highest BCUT2D eigenvalue weighted by Crippen LogP contribution is 2.21. The summed E-state index contributed by atoms with van der Waals surface area (Å²) in [6.45, 7) is 5.32. The third kappa shape index (κ3) is 3.53. The SMILES string of the molecule is C=C(Cl)COc1ccc(C(C)N)cc1F. The molecule has 1 rings (SSSR count). The fourth-order valence-electron chi connectivity index (χ4n) is 1.07. The van der Waals surface area contributed by atoms with Gasteiger partial charge in [0.05, 0.1) is 0 Å². The second-order valence-corrected chi connectivity index (χ2v) is 3.82. The molecule has 0 heterocycles. The van der Waals surface area contributed by atoms with Gasteiger partial charge in [0.1, 0.15) is 6.61 Å². The van der Waals surface area contributed by atoms with E-state index in [4.69, 9.17) is 22.1 Å². The Labute approximate surface area is 93.5 Å². The van der Waals surface area contributed by atoms with Gasteiger partial charge in [0.2, 0.25) is 0 Å². The number of nitrogens with two attached hydrogens (primary N) is 1. The van der Waals surface area contributed by atoms with Crippen LogP contribution >= 0.6 is 11.6 Å². The highest BCUT2D eigenvalue weighted by Gasteiger charge is 2.07. The number of halogens is 2. The molecule has 0 saturated heterocycles. The van der Waals surface area contributed by atoms with Crippen molar-refractivity contribution in [2.24, 2.45) is 5.73 Å². The van der Waals surface area contributed by atoms with Crippen molar-refractivity contribution in [3.8, 4) is 5.75 Å². The topological polar surface area (TPSA) is 35.2 Å². The maximum Gasteiger partial charge on any atom is 0.165 e. The maximum absolute atomic E-state index is 13.4. The van der Waals surface area contributed by atoms with Crippen molar-refractivity contribution in [1.29, 1.82) is 0 Å². The predicted molar refractivity (Wildman–Crippen MR) is 59.5 cm³/mol. The molecular weight excluding hydrogens is 217 g/mol. The van der Waals surface area contributed by atoms with E-state index < -0.39 is 5.82 Å². The van der Waals surface area contributed by atoms with Crippen LogP contribution in [0, 0.1) is 5.82 Å². The van der Waals surface area contributed by atoms with E-state index in [1.807, 2.05) is 0 Å². The predicted octanol–water partition coefficient (Wildman–Crippen LogP) is 2.98. The molecule has 0 amide bonds. The summed E-state index contributed by atoms with van der Waals surface area (Å²) < 4.78 is 18.5. The lowest BCUT2D eigenvalue weighted by atomic mass is 10.1. The number of hydrogen-bond acceptors (Lipinski definition) is 2. The van der Waals surface area contributed by atoms with Crippen molar-refractivity contribution in [1.82, 2.24) is 0 Å². The second-order valence-electron chi connectivity index (χ2n) is 3.28. The Balaban J connectivity index is 2.79. The summed E-state index contributed by atoms with van der Waals surface area (Å²) in [5.74, 6) is -0.288. The molecule has 0 aliphatic rings. The highest BCUT2D eigenvalue weighted by atomic mass is 35.5. The molecule has 0 radical (unpaired) electrons. The van der Waals surface area contributed by atoms with Gasteiger partial charge in [-0.15, -0.1) is 0 Å². The van der Waals surface area contributed by atoms with Gasteiger partial charge >= 0.3 is 0 Å². The van der Waals surface area contributed by atoms with Crippen molar-refractivity contribution in [3.05, 3.63) is 41.2 Å². The molecule has 1 atom stereocenters. The van der Waals surface area contributed by atoms with Gasteiger partial charge in [-0.2, -0.15) is 0 Å². The first-order chi connectivity index (χ1) is 7.00. The van der Waals surface area contributed by atoms with Gasteiger partial charge < -0.3 is 10.5 Å². The largest absolute Gasteiger partial charge is 0.485 e. The Morgan fingerprint density at radius 3 is 2.80 bits per heavy atom. The van der Waals surface area contributed by atoms with Crippen LogP contribution in [-0.4, -0.2) is 6.61 Å². The van der Waals surface area contributed by atoms with Crippen LogP contribution in [0.5, 0.6) is 5.75 Å². The minimum atomic E-state index is -0.442. The number of hydrogen-bond donors (Lipinski definition) is 1. The minimum Gasteiger partial charge on any atom is -0.485 e. The van der Waals surface area contributed by atoms with Crippen molar-refractivity contribution < 1.29 is 9.13 Å². The van der Waals surface area contributed by atoms with E-state index >= 15 is 0 Å². The van der Waals surface area contributed by atoms with Gasteiger partial charge in [-0.3, -0.25) is 0 Å². The third-order valence-electron chi connectivity index (χ3n) is 1.87. The third-order valence-corrected chi connectivity index (χ3v) is 1.98. The average molecular weight is 230 g/mol. The van der Waals surface area contributed by atoms with E-state index in [-0.39, 0.29) is 18.4 Å².